The van der Waals surface area contributed by atoms with Gasteiger partial charge in [-0.25, -0.2) is 0 Å². The maximum atomic E-state index is 12.0. The summed E-state index contributed by atoms with van der Waals surface area (Å²) < 4.78 is 0. The van der Waals surface area contributed by atoms with E-state index in [0.717, 1.165) is 5.56 Å². The van der Waals surface area contributed by atoms with Crippen molar-refractivity contribution >= 4 is 29.1 Å². The van der Waals surface area contributed by atoms with Gasteiger partial charge in [0.1, 0.15) is 16.7 Å². The van der Waals surface area contributed by atoms with Crippen LogP contribution in [-0.4, -0.2) is 22.7 Å². The van der Waals surface area contributed by atoms with Gasteiger partial charge in [-0.3, -0.25) is 14.9 Å². The van der Waals surface area contributed by atoms with Crippen LogP contribution in [0, 0.1) is 12.8 Å². The smallest absolute Gasteiger partial charge is 0.269 e. The van der Waals surface area contributed by atoms with Gasteiger partial charge in [0.25, 0.3) is 5.91 Å². The molecule has 1 aromatic carbocycles. The summed E-state index contributed by atoms with van der Waals surface area (Å²) in [6, 6.07) is 7.17. The highest BCUT2D eigenvalue weighted by atomic mass is 35.5. The number of benzene rings is 1. The van der Waals surface area contributed by atoms with Gasteiger partial charge in [-0.05, 0) is 19.4 Å². The van der Waals surface area contributed by atoms with Crippen molar-refractivity contribution in [2.24, 2.45) is 11.1 Å². The lowest BCUT2D eigenvalue weighted by atomic mass is 9.87. The molecule has 104 valence electrons. The first-order valence-electron chi connectivity index (χ1n) is 5.96. The largest absolute Gasteiger partial charge is 0.411 e. The van der Waals surface area contributed by atoms with Crippen LogP contribution in [0.4, 0.5) is 0 Å². The molecule has 0 aromatic heterocycles. The van der Waals surface area contributed by atoms with E-state index >= 15 is 0 Å². The fourth-order valence-electron chi connectivity index (χ4n) is 2.08. The molecule has 2 N–H and O–H groups in total. The Labute approximate surface area is 120 Å². The van der Waals surface area contributed by atoms with Crippen molar-refractivity contribution in [3.63, 3.8) is 0 Å². The molecule has 0 bridgehead atoms. The molecule has 0 radical (unpaired) electrons. The molecule has 1 unspecified atom stereocenters. The zero-order valence-electron chi connectivity index (χ0n) is 11.0. The summed E-state index contributed by atoms with van der Waals surface area (Å²) in [5.74, 6) is -2.07. The average Bonchev–Trinajstić information content (AvgIpc) is 2.42. The van der Waals surface area contributed by atoms with Crippen molar-refractivity contribution in [3.8, 4) is 0 Å². The molecule has 0 saturated carbocycles. The van der Waals surface area contributed by atoms with Crippen LogP contribution in [0.3, 0.4) is 0 Å². The van der Waals surface area contributed by atoms with E-state index in [2.05, 4.69) is 10.5 Å². The molecule has 1 aliphatic heterocycles. The fraction of sp³-hybridized carbons (Fsp3) is 0.214. The van der Waals surface area contributed by atoms with Gasteiger partial charge in [0.05, 0.1) is 0 Å². The summed E-state index contributed by atoms with van der Waals surface area (Å²) in [4.78, 5) is 23.4. The SMILES string of the molecule is CC1=C(Cl)C(=O)NC(=O)C1C(=NO)c1ccc(C)cc1. The Morgan fingerprint density at radius 2 is 1.85 bits per heavy atom. The molecule has 1 heterocycles. The van der Waals surface area contributed by atoms with Gasteiger partial charge in [-0.15, -0.1) is 0 Å². The third kappa shape index (κ3) is 2.44. The zero-order valence-corrected chi connectivity index (χ0v) is 11.7. The molecular weight excluding hydrogens is 280 g/mol. The van der Waals surface area contributed by atoms with Crippen LogP contribution in [0.15, 0.2) is 40.0 Å². The summed E-state index contributed by atoms with van der Waals surface area (Å²) in [6.45, 7) is 3.50. The molecule has 1 atom stereocenters. The van der Waals surface area contributed by atoms with Gasteiger partial charge in [0, 0.05) is 5.56 Å². The minimum Gasteiger partial charge on any atom is -0.411 e. The highest BCUT2D eigenvalue weighted by Crippen LogP contribution is 2.26. The van der Waals surface area contributed by atoms with Crippen LogP contribution < -0.4 is 5.32 Å². The number of carbonyl (C=O) groups excluding carboxylic acids is 2. The number of rotatable bonds is 2. The second kappa shape index (κ2) is 5.46. The van der Waals surface area contributed by atoms with Crippen LogP contribution in [-0.2, 0) is 9.59 Å². The minimum atomic E-state index is -0.882. The lowest BCUT2D eigenvalue weighted by Crippen LogP contribution is -2.44. The minimum absolute atomic E-state index is 0.0529. The van der Waals surface area contributed by atoms with E-state index < -0.39 is 17.7 Å². The summed E-state index contributed by atoms with van der Waals surface area (Å²) in [5.41, 5.74) is 2.16. The Morgan fingerprint density at radius 1 is 1.25 bits per heavy atom. The van der Waals surface area contributed by atoms with Crippen LogP contribution >= 0.6 is 11.6 Å². The van der Waals surface area contributed by atoms with Crippen LogP contribution in [0.1, 0.15) is 18.1 Å². The molecule has 2 rings (SSSR count). The quantitative estimate of drug-likeness (QED) is 0.378. The van der Waals surface area contributed by atoms with Crippen molar-refractivity contribution in [1.29, 1.82) is 0 Å². The number of amides is 2. The highest BCUT2D eigenvalue weighted by Gasteiger charge is 2.36. The predicted octanol–water partition coefficient (Wildman–Crippen LogP) is 1.96. The number of aryl methyl sites for hydroxylation is 1. The third-order valence-electron chi connectivity index (χ3n) is 3.21. The maximum absolute atomic E-state index is 12.0. The van der Waals surface area contributed by atoms with Gasteiger partial charge >= 0.3 is 0 Å². The molecule has 5 nitrogen and oxygen atoms in total. The summed E-state index contributed by atoms with van der Waals surface area (Å²) >= 11 is 5.87. The first kappa shape index (κ1) is 14.3. The third-order valence-corrected chi connectivity index (χ3v) is 3.68. The van der Waals surface area contributed by atoms with Crippen molar-refractivity contribution in [2.75, 3.05) is 0 Å². The number of carbonyl (C=O) groups is 2. The molecule has 0 spiro atoms. The first-order chi connectivity index (χ1) is 9.45. The van der Waals surface area contributed by atoms with Crippen molar-refractivity contribution in [1.82, 2.24) is 5.32 Å². The number of hydrogen-bond acceptors (Lipinski definition) is 4. The Morgan fingerprint density at radius 3 is 2.40 bits per heavy atom. The van der Waals surface area contributed by atoms with Crippen LogP contribution in [0.25, 0.3) is 0 Å². The zero-order chi connectivity index (χ0) is 14.9. The molecule has 1 aliphatic rings. The average molecular weight is 293 g/mol. The number of nitrogens with one attached hydrogen (secondary N) is 1. The van der Waals surface area contributed by atoms with E-state index in [9.17, 15) is 14.8 Å². The van der Waals surface area contributed by atoms with Crippen molar-refractivity contribution < 1.29 is 14.8 Å². The normalized spacial score (nSPS) is 20.1. The summed E-state index contributed by atoms with van der Waals surface area (Å²) in [5, 5.41) is 14.6. The standard InChI is InChI=1S/C14H13ClN2O3/c1-7-3-5-9(6-4-7)12(17-20)10-8(2)11(15)14(19)16-13(10)18/h3-6,10,20H,1-2H3,(H,16,18,19). The summed E-state index contributed by atoms with van der Waals surface area (Å²) in [7, 11) is 0. The Kier molecular flexibility index (Phi) is 3.90. The Hall–Kier alpha value is -2.14. The van der Waals surface area contributed by atoms with Crippen molar-refractivity contribution in [2.45, 2.75) is 13.8 Å². The number of nitrogens with zero attached hydrogens (tertiary/aromatic N) is 1. The van der Waals surface area contributed by atoms with E-state index in [0.29, 0.717) is 11.1 Å². The molecule has 0 aliphatic carbocycles. The molecule has 2 amide bonds. The van der Waals surface area contributed by atoms with E-state index in [1.807, 2.05) is 19.1 Å². The highest BCUT2D eigenvalue weighted by molar-refractivity contribution is 6.45. The second-order valence-corrected chi connectivity index (χ2v) is 4.98. The van der Waals surface area contributed by atoms with E-state index in [-0.39, 0.29) is 10.7 Å². The summed E-state index contributed by atoms with van der Waals surface area (Å²) in [6.07, 6.45) is 0. The maximum Gasteiger partial charge on any atom is 0.269 e. The predicted molar refractivity (Wildman–Crippen MR) is 74.7 cm³/mol. The van der Waals surface area contributed by atoms with Gasteiger partial charge in [-0.1, -0.05) is 46.6 Å². The number of imide groups is 1. The van der Waals surface area contributed by atoms with E-state index in [1.54, 1.807) is 19.1 Å². The van der Waals surface area contributed by atoms with Gasteiger partial charge in [-0.2, -0.15) is 0 Å². The van der Waals surface area contributed by atoms with Crippen LogP contribution in [0.5, 0.6) is 0 Å². The molecular formula is C14H13ClN2O3. The fourth-order valence-corrected chi connectivity index (χ4v) is 2.23. The first-order valence-corrected chi connectivity index (χ1v) is 6.34. The molecule has 6 heteroatoms. The number of oxime groups is 1. The topological polar surface area (TPSA) is 78.8 Å². The molecule has 20 heavy (non-hydrogen) atoms. The molecule has 0 saturated heterocycles. The number of halogens is 1. The Bertz CT molecular complexity index is 632. The molecule has 0 fully saturated rings. The van der Waals surface area contributed by atoms with Crippen molar-refractivity contribution in [3.05, 3.63) is 46.0 Å². The van der Waals surface area contributed by atoms with Gasteiger partial charge in [0.15, 0.2) is 0 Å². The Balaban J connectivity index is 2.49. The van der Waals surface area contributed by atoms with Gasteiger partial charge < -0.3 is 5.21 Å². The lowest BCUT2D eigenvalue weighted by Gasteiger charge is -2.23. The number of hydrogen-bond donors (Lipinski definition) is 2. The van der Waals surface area contributed by atoms with E-state index in [4.69, 9.17) is 11.6 Å². The van der Waals surface area contributed by atoms with Crippen LogP contribution in [0.2, 0.25) is 0 Å². The second-order valence-electron chi connectivity index (χ2n) is 4.60. The lowest BCUT2D eigenvalue weighted by molar-refractivity contribution is -0.129. The van der Waals surface area contributed by atoms with E-state index in [1.165, 1.54) is 0 Å². The van der Waals surface area contributed by atoms with Gasteiger partial charge in [0.2, 0.25) is 5.91 Å². The molecule has 1 aromatic rings. The monoisotopic (exact) mass is 292 g/mol.